The molecule has 0 heterocycles. The topological polar surface area (TPSA) is 46.2 Å². The summed E-state index contributed by atoms with van der Waals surface area (Å²) < 4.78 is 16.7. The second-order valence-electron chi connectivity index (χ2n) is 7.85. The number of hydrogen-bond donors (Lipinski definition) is 1. The zero-order chi connectivity index (χ0) is 22.0. The van der Waals surface area contributed by atoms with E-state index in [1.54, 1.807) is 21.3 Å². The summed E-state index contributed by atoms with van der Waals surface area (Å²) in [5.74, 6) is 0. The van der Waals surface area contributed by atoms with E-state index in [4.69, 9.17) is 13.3 Å². The molecule has 0 amide bonds. The fourth-order valence-corrected chi connectivity index (χ4v) is 5.56. The van der Waals surface area contributed by atoms with Crippen LogP contribution in [-0.2, 0) is 13.3 Å². The van der Waals surface area contributed by atoms with Crippen molar-refractivity contribution in [1.82, 2.24) is 15.1 Å². The Hall–Kier alpha value is -0.0231. The van der Waals surface area contributed by atoms with E-state index in [1.807, 2.05) is 0 Å². The van der Waals surface area contributed by atoms with Gasteiger partial charge in [-0.15, -0.1) is 0 Å². The first-order valence-corrected chi connectivity index (χ1v) is 13.8. The minimum atomic E-state index is -2.46. The summed E-state index contributed by atoms with van der Waals surface area (Å²) >= 11 is 0. The quantitative estimate of drug-likeness (QED) is 0.219. The van der Waals surface area contributed by atoms with Crippen LogP contribution in [0.1, 0.15) is 66.2 Å². The van der Waals surface area contributed by atoms with Crippen LogP contribution in [0.5, 0.6) is 0 Å². The Morgan fingerprint density at radius 3 is 1.79 bits per heavy atom. The molecule has 29 heavy (non-hydrogen) atoms. The van der Waals surface area contributed by atoms with Crippen LogP contribution in [0, 0.1) is 0 Å². The smallest absolute Gasteiger partial charge is 0.377 e. The first-order valence-electron chi connectivity index (χ1n) is 11.9. The van der Waals surface area contributed by atoms with Gasteiger partial charge in [0.15, 0.2) is 0 Å². The maximum atomic E-state index is 5.58. The maximum absolute atomic E-state index is 5.58. The van der Waals surface area contributed by atoms with Crippen molar-refractivity contribution < 1.29 is 13.3 Å². The molecule has 176 valence electrons. The molecular formula is C22H51N3O3Si. The van der Waals surface area contributed by atoms with E-state index in [1.165, 1.54) is 45.2 Å². The average molecular weight is 434 g/mol. The van der Waals surface area contributed by atoms with Crippen LogP contribution in [0.4, 0.5) is 0 Å². The molecule has 0 fully saturated rings. The standard InChI is InChI=1S/C22H51N3O3Si/c1-8-16-24(11-4)18-13-19-25(17-12-15-23-22(9-2)10-3)20-14-21-29(26-5,27-6)28-7/h22-23H,8-21H2,1-7H3. The van der Waals surface area contributed by atoms with E-state index in [0.717, 1.165) is 45.2 Å². The Labute approximate surface area is 183 Å². The molecule has 0 saturated heterocycles. The Kier molecular flexibility index (Phi) is 18.7. The molecule has 0 atom stereocenters. The summed E-state index contributed by atoms with van der Waals surface area (Å²) in [4.78, 5) is 5.18. The Bertz CT molecular complexity index is 348. The highest BCUT2D eigenvalue weighted by molar-refractivity contribution is 6.60. The molecule has 7 heteroatoms. The third kappa shape index (κ3) is 13.1. The molecule has 0 aliphatic heterocycles. The molecule has 0 aromatic heterocycles. The monoisotopic (exact) mass is 433 g/mol. The second-order valence-corrected chi connectivity index (χ2v) is 10.9. The lowest BCUT2D eigenvalue weighted by Gasteiger charge is -2.28. The van der Waals surface area contributed by atoms with Crippen LogP contribution in [0.3, 0.4) is 0 Å². The number of rotatable bonds is 21. The van der Waals surface area contributed by atoms with Crippen LogP contribution >= 0.6 is 0 Å². The van der Waals surface area contributed by atoms with Crippen molar-refractivity contribution in [2.45, 2.75) is 78.3 Å². The molecule has 0 bridgehead atoms. The van der Waals surface area contributed by atoms with E-state index in [2.05, 4.69) is 42.8 Å². The Morgan fingerprint density at radius 2 is 1.28 bits per heavy atom. The van der Waals surface area contributed by atoms with Gasteiger partial charge in [0.25, 0.3) is 0 Å². The van der Waals surface area contributed by atoms with Crippen molar-refractivity contribution in [3.05, 3.63) is 0 Å². The third-order valence-corrected chi connectivity index (χ3v) is 8.73. The van der Waals surface area contributed by atoms with Gasteiger partial charge < -0.3 is 28.4 Å². The highest BCUT2D eigenvalue weighted by atomic mass is 28.4. The fourth-order valence-electron chi connectivity index (χ4n) is 3.86. The molecule has 6 nitrogen and oxygen atoms in total. The number of nitrogens with zero attached hydrogens (tertiary/aromatic N) is 2. The minimum Gasteiger partial charge on any atom is -0.377 e. The van der Waals surface area contributed by atoms with Crippen molar-refractivity contribution in [3.63, 3.8) is 0 Å². The van der Waals surface area contributed by atoms with Gasteiger partial charge in [0, 0.05) is 33.4 Å². The van der Waals surface area contributed by atoms with E-state index in [9.17, 15) is 0 Å². The van der Waals surface area contributed by atoms with Crippen molar-refractivity contribution in [1.29, 1.82) is 0 Å². The van der Waals surface area contributed by atoms with E-state index < -0.39 is 8.80 Å². The van der Waals surface area contributed by atoms with Gasteiger partial charge in [0.1, 0.15) is 0 Å². The summed E-state index contributed by atoms with van der Waals surface area (Å²) in [6, 6.07) is 1.53. The van der Waals surface area contributed by atoms with Crippen LogP contribution in [0.2, 0.25) is 6.04 Å². The summed E-state index contributed by atoms with van der Waals surface area (Å²) in [6.45, 7) is 17.1. The SMILES string of the molecule is CCCN(CC)CCCN(CCCNC(CC)CC)CCC[Si](OC)(OC)OC. The van der Waals surface area contributed by atoms with Crippen molar-refractivity contribution in [3.8, 4) is 0 Å². The van der Waals surface area contributed by atoms with Crippen LogP contribution < -0.4 is 5.32 Å². The van der Waals surface area contributed by atoms with Gasteiger partial charge in [0.2, 0.25) is 0 Å². The average Bonchev–Trinajstić information content (AvgIpc) is 2.76. The summed E-state index contributed by atoms with van der Waals surface area (Å²) in [6.07, 6.45) is 7.13. The fraction of sp³-hybridized carbons (Fsp3) is 1.00. The van der Waals surface area contributed by atoms with Crippen molar-refractivity contribution in [2.24, 2.45) is 0 Å². The lowest BCUT2D eigenvalue weighted by atomic mass is 10.1. The van der Waals surface area contributed by atoms with Gasteiger partial charge in [-0.25, -0.2) is 0 Å². The van der Waals surface area contributed by atoms with Crippen LogP contribution in [-0.4, -0.2) is 91.8 Å². The second kappa shape index (κ2) is 18.7. The largest absolute Gasteiger partial charge is 0.500 e. The maximum Gasteiger partial charge on any atom is 0.500 e. The van der Waals surface area contributed by atoms with Gasteiger partial charge in [-0.1, -0.05) is 27.7 Å². The lowest BCUT2D eigenvalue weighted by Crippen LogP contribution is -2.43. The molecule has 0 spiro atoms. The van der Waals surface area contributed by atoms with Crippen LogP contribution in [0.15, 0.2) is 0 Å². The van der Waals surface area contributed by atoms with Gasteiger partial charge in [-0.2, -0.15) is 0 Å². The molecule has 0 aromatic carbocycles. The van der Waals surface area contributed by atoms with E-state index >= 15 is 0 Å². The number of hydrogen-bond acceptors (Lipinski definition) is 6. The molecule has 0 aromatic rings. The predicted octanol–water partition coefficient (Wildman–Crippen LogP) is 3.85. The summed E-state index contributed by atoms with van der Waals surface area (Å²) in [5.41, 5.74) is 0. The van der Waals surface area contributed by atoms with Crippen molar-refractivity contribution >= 4 is 8.80 Å². The Balaban J connectivity index is 4.49. The molecular weight excluding hydrogens is 382 g/mol. The van der Waals surface area contributed by atoms with Crippen molar-refractivity contribution in [2.75, 3.05) is 67.1 Å². The molecule has 0 saturated carbocycles. The molecule has 0 rings (SSSR count). The van der Waals surface area contributed by atoms with Gasteiger partial charge in [-0.3, -0.25) is 0 Å². The minimum absolute atomic E-state index is 0.660. The summed E-state index contributed by atoms with van der Waals surface area (Å²) in [7, 11) is 2.65. The predicted molar refractivity (Wildman–Crippen MR) is 127 cm³/mol. The molecule has 0 aliphatic rings. The third-order valence-electron chi connectivity index (χ3n) is 5.90. The molecule has 0 unspecified atom stereocenters. The molecule has 0 aliphatic carbocycles. The highest BCUT2D eigenvalue weighted by Gasteiger charge is 2.37. The van der Waals surface area contributed by atoms with Gasteiger partial charge in [-0.05, 0) is 84.3 Å². The van der Waals surface area contributed by atoms with Crippen LogP contribution in [0.25, 0.3) is 0 Å². The molecule has 0 radical (unpaired) electrons. The van der Waals surface area contributed by atoms with E-state index in [0.29, 0.717) is 6.04 Å². The first-order chi connectivity index (χ1) is 14.0. The zero-order valence-electron chi connectivity index (χ0n) is 20.6. The van der Waals surface area contributed by atoms with Gasteiger partial charge in [0.05, 0.1) is 0 Å². The zero-order valence-corrected chi connectivity index (χ0v) is 21.6. The highest BCUT2D eigenvalue weighted by Crippen LogP contribution is 2.15. The lowest BCUT2D eigenvalue weighted by molar-refractivity contribution is 0.121. The Morgan fingerprint density at radius 1 is 0.724 bits per heavy atom. The normalized spacial score (nSPS) is 12.6. The summed E-state index contributed by atoms with van der Waals surface area (Å²) in [5, 5.41) is 3.69. The van der Waals surface area contributed by atoms with Gasteiger partial charge >= 0.3 is 8.80 Å². The first kappa shape index (κ1) is 29.0. The van der Waals surface area contributed by atoms with E-state index in [-0.39, 0.29) is 0 Å². The number of nitrogens with one attached hydrogen (secondary N) is 1. The molecule has 1 N–H and O–H groups in total.